The molecule has 0 aliphatic heterocycles. The molecule has 0 spiro atoms. The van der Waals surface area contributed by atoms with Crippen molar-refractivity contribution in [3.63, 3.8) is 0 Å². The number of aryl methyl sites for hydroxylation is 1. The molecule has 0 heterocycles. The van der Waals surface area contributed by atoms with Crippen LogP contribution < -0.4 is 14.2 Å². The van der Waals surface area contributed by atoms with Crippen LogP contribution in [-0.2, 0) is 6.42 Å². The first-order valence-electron chi connectivity index (χ1n) is 8.26. The maximum Gasteiger partial charge on any atom is 0.129 e. The highest BCUT2D eigenvalue weighted by Gasteiger charge is 2.23. The third-order valence-corrected chi connectivity index (χ3v) is 5.26. The molecule has 3 nitrogen and oxygen atoms in total. The fraction of sp³-hybridized carbons (Fsp3) is 0.368. The smallest absolute Gasteiger partial charge is 0.129 e. The molecule has 128 valence electrons. The van der Waals surface area contributed by atoms with Gasteiger partial charge >= 0.3 is 0 Å². The molecular formula is C19H24N2OS2. The Morgan fingerprint density at radius 1 is 1.12 bits per heavy atom. The van der Waals surface area contributed by atoms with Crippen molar-refractivity contribution in [2.75, 3.05) is 11.0 Å². The molecule has 0 saturated heterocycles. The molecule has 1 aliphatic rings. The minimum atomic E-state index is 0.454. The molecule has 2 aromatic carbocycles. The average Bonchev–Trinajstić information content (AvgIpc) is 2.96. The Hall–Kier alpha value is -1.30. The predicted molar refractivity (Wildman–Crippen MR) is 107 cm³/mol. The van der Waals surface area contributed by atoms with Gasteiger partial charge in [-0.05, 0) is 48.2 Å². The maximum absolute atomic E-state index is 6.05. The van der Waals surface area contributed by atoms with Crippen molar-refractivity contribution < 1.29 is 4.74 Å². The SMILES string of the molecule is CSNc1cccc(Oc2ccc3c(c2)CCC3NSC(C)C)c1. The summed E-state index contributed by atoms with van der Waals surface area (Å²) in [5, 5.41) is 0.596. The molecule has 0 saturated carbocycles. The summed E-state index contributed by atoms with van der Waals surface area (Å²) < 4.78 is 12.9. The maximum atomic E-state index is 6.05. The number of ether oxygens (including phenoxy) is 1. The molecule has 3 rings (SSSR count). The van der Waals surface area contributed by atoms with Gasteiger partial charge < -0.3 is 9.46 Å². The molecule has 1 aliphatic carbocycles. The van der Waals surface area contributed by atoms with Gasteiger partial charge in [0.15, 0.2) is 0 Å². The molecule has 24 heavy (non-hydrogen) atoms. The molecule has 0 amide bonds. The number of hydrogen-bond donors (Lipinski definition) is 2. The first kappa shape index (κ1) is 17.5. The highest BCUT2D eigenvalue weighted by Crippen LogP contribution is 2.36. The van der Waals surface area contributed by atoms with Crippen LogP contribution in [0.1, 0.15) is 37.4 Å². The third-order valence-electron chi connectivity index (χ3n) is 3.93. The molecule has 2 N–H and O–H groups in total. The fourth-order valence-electron chi connectivity index (χ4n) is 2.88. The number of fused-ring (bicyclic) bond motifs is 1. The molecule has 1 unspecified atom stereocenters. The lowest BCUT2D eigenvalue weighted by Gasteiger charge is -2.15. The van der Waals surface area contributed by atoms with Crippen LogP contribution in [-0.4, -0.2) is 11.5 Å². The minimum absolute atomic E-state index is 0.454. The lowest BCUT2D eigenvalue weighted by molar-refractivity contribution is 0.482. The van der Waals surface area contributed by atoms with E-state index in [1.807, 2.05) is 42.5 Å². The topological polar surface area (TPSA) is 33.3 Å². The van der Waals surface area contributed by atoms with E-state index < -0.39 is 0 Å². The van der Waals surface area contributed by atoms with Gasteiger partial charge in [0.05, 0.1) is 0 Å². The summed E-state index contributed by atoms with van der Waals surface area (Å²) in [6, 6.07) is 15.0. The normalized spacial score (nSPS) is 16.2. The van der Waals surface area contributed by atoms with Gasteiger partial charge in [-0.3, -0.25) is 4.72 Å². The molecule has 0 bridgehead atoms. The van der Waals surface area contributed by atoms with Crippen molar-refractivity contribution in [1.29, 1.82) is 0 Å². The molecule has 0 radical (unpaired) electrons. The highest BCUT2D eigenvalue weighted by atomic mass is 32.2. The van der Waals surface area contributed by atoms with Gasteiger partial charge in [-0.25, -0.2) is 0 Å². The average molecular weight is 361 g/mol. The minimum Gasteiger partial charge on any atom is -0.457 e. The Labute approximate surface area is 153 Å². The molecule has 5 heteroatoms. The van der Waals surface area contributed by atoms with Gasteiger partial charge in [0.1, 0.15) is 11.5 Å². The fourth-order valence-corrected chi connectivity index (χ4v) is 3.92. The van der Waals surface area contributed by atoms with E-state index in [1.165, 1.54) is 11.1 Å². The number of rotatable bonds is 7. The number of hydrogen-bond acceptors (Lipinski definition) is 5. The van der Waals surface area contributed by atoms with Gasteiger partial charge in [0.25, 0.3) is 0 Å². The zero-order valence-electron chi connectivity index (χ0n) is 14.3. The van der Waals surface area contributed by atoms with Crippen LogP contribution in [0.4, 0.5) is 5.69 Å². The standard InChI is InChI=1S/C19H24N2OS2/c1-13(2)24-21-19-10-7-14-11-17(8-9-18(14)19)22-16-6-4-5-15(12-16)20-23-3/h4-6,8-9,11-13,19-21H,7,10H2,1-3H3. The summed E-state index contributed by atoms with van der Waals surface area (Å²) in [4.78, 5) is 0. The third kappa shape index (κ3) is 4.41. The van der Waals surface area contributed by atoms with Crippen molar-refractivity contribution in [3.05, 3.63) is 53.6 Å². The number of nitrogens with one attached hydrogen (secondary N) is 2. The summed E-state index contributed by atoms with van der Waals surface area (Å²) in [5.41, 5.74) is 3.86. The largest absolute Gasteiger partial charge is 0.457 e. The van der Waals surface area contributed by atoms with E-state index in [9.17, 15) is 0 Å². The Morgan fingerprint density at radius 2 is 1.96 bits per heavy atom. The van der Waals surface area contributed by atoms with E-state index in [2.05, 4.69) is 41.5 Å². The van der Waals surface area contributed by atoms with E-state index in [-0.39, 0.29) is 0 Å². The van der Waals surface area contributed by atoms with Gasteiger partial charge in [-0.15, -0.1) is 0 Å². The Bertz CT molecular complexity index is 691. The van der Waals surface area contributed by atoms with E-state index in [0.29, 0.717) is 11.3 Å². The van der Waals surface area contributed by atoms with Crippen molar-refractivity contribution in [2.45, 2.75) is 38.0 Å². The second kappa shape index (κ2) is 8.19. The van der Waals surface area contributed by atoms with Crippen LogP contribution in [0.2, 0.25) is 0 Å². The Balaban J connectivity index is 1.70. The van der Waals surface area contributed by atoms with E-state index in [0.717, 1.165) is 30.0 Å². The van der Waals surface area contributed by atoms with Gasteiger partial charge in [0.2, 0.25) is 0 Å². The Morgan fingerprint density at radius 3 is 2.75 bits per heavy atom. The van der Waals surface area contributed by atoms with Crippen LogP contribution in [0.25, 0.3) is 0 Å². The van der Waals surface area contributed by atoms with Crippen molar-refractivity contribution in [1.82, 2.24) is 4.72 Å². The van der Waals surface area contributed by atoms with Crippen molar-refractivity contribution in [2.24, 2.45) is 0 Å². The first-order chi connectivity index (χ1) is 11.7. The molecule has 0 aromatic heterocycles. The van der Waals surface area contributed by atoms with Crippen LogP contribution >= 0.6 is 23.9 Å². The lowest BCUT2D eigenvalue weighted by atomic mass is 10.1. The Kier molecular flexibility index (Phi) is 5.98. The summed E-state index contributed by atoms with van der Waals surface area (Å²) in [6.07, 6.45) is 4.28. The zero-order valence-corrected chi connectivity index (χ0v) is 16.0. The number of benzene rings is 2. The van der Waals surface area contributed by atoms with E-state index in [4.69, 9.17) is 4.74 Å². The summed E-state index contributed by atoms with van der Waals surface area (Å²) in [7, 11) is 0. The monoisotopic (exact) mass is 360 g/mol. The first-order valence-corrected chi connectivity index (χ1v) is 10.4. The zero-order chi connectivity index (χ0) is 16.9. The summed E-state index contributed by atoms with van der Waals surface area (Å²) in [6.45, 7) is 4.43. The number of anilines is 1. The quantitative estimate of drug-likeness (QED) is 0.610. The molecule has 2 aromatic rings. The second-order valence-electron chi connectivity index (χ2n) is 6.17. The molecule has 0 fully saturated rings. The van der Waals surface area contributed by atoms with Crippen molar-refractivity contribution in [3.8, 4) is 11.5 Å². The van der Waals surface area contributed by atoms with Gasteiger partial charge in [-0.1, -0.05) is 49.9 Å². The van der Waals surface area contributed by atoms with Gasteiger partial charge in [0, 0.05) is 29.3 Å². The van der Waals surface area contributed by atoms with Crippen LogP contribution in [0.15, 0.2) is 42.5 Å². The molecule has 1 atom stereocenters. The van der Waals surface area contributed by atoms with Gasteiger partial charge in [-0.2, -0.15) is 0 Å². The van der Waals surface area contributed by atoms with Crippen LogP contribution in [0.3, 0.4) is 0 Å². The molecular weight excluding hydrogens is 336 g/mol. The summed E-state index contributed by atoms with van der Waals surface area (Å²) >= 11 is 3.39. The van der Waals surface area contributed by atoms with Crippen LogP contribution in [0.5, 0.6) is 11.5 Å². The van der Waals surface area contributed by atoms with Crippen molar-refractivity contribution >= 4 is 29.6 Å². The van der Waals surface area contributed by atoms with E-state index in [1.54, 1.807) is 11.9 Å². The predicted octanol–water partition coefficient (Wildman–Crippen LogP) is 5.80. The van der Waals surface area contributed by atoms with Crippen LogP contribution in [0, 0.1) is 0 Å². The van der Waals surface area contributed by atoms with E-state index >= 15 is 0 Å². The lowest BCUT2D eigenvalue weighted by Crippen LogP contribution is -2.13. The summed E-state index contributed by atoms with van der Waals surface area (Å²) in [5.74, 6) is 1.77. The second-order valence-corrected chi connectivity index (χ2v) is 8.20. The highest BCUT2D eigenvalue weighted by molar-refractivity contribution is 7.99.